The predicted molar refractivity (Wildman–Crippen MR) is 51.5 cm³/mol. The van der Waals surface area contributed by atoms with Gasteiger partial charge in [-0.05, 0) is 0 Å². The van der Waals surface area contributed by atoms with Gasteiger partial charge in [0.05, 0.1) is 5.65 Å². The number of hydrogen-bond acceptors (Lipinski definition) is 1. The van der Waals surface area contributed by atoms with Crippen LogP contribution in [0.2, 0.25) is 0 Å². The van der Waals surface area contributed by atoms with Gasteiger partial charge in [0.1, 0.15) is 5.82 Å². The van der Waals surface area contributed by atoms with E-state index in [1.54, 1.807) is 35.0 Å². The molecule has 0 atom stereocenters. The van der Waals surface area contributed by atoms with Crippen molar-refractivity contribution in [3.05, 3.63) is 48.7 Å². The minimum Gasteiger partial charge on any atom is -0.344 e. The van der Waals surface area contributed by atoms with Crippen LogP contribution >= 0.6 is 0 Å². The van der Waals surface area contributed by atoms with Crippen LogP contribution in [0.3, 0.4) is 0 Å². The van der Waals surface area contributed by atoms with Gasteiger partial charge in [-0.25, -0.2) is 4.39 Å². The van der Waals surface area contributed by atoms with Crippen molar-refractivity contribution in [2.24, 2.45) is 0 Å². The summed E-state index contributed by atoms with van der Waals surface area (Å²) >= 11 is 0. The summed E-state index contributed by atoms with van der Waals surface area (Å²) in [4.78, 5) is 4.15. The molecule has 0 radical (unpaired) electrons. The molecule has 1 aromatic carbocycles. The van der Waals surface area contributed by atoms with Crippen LogP contribution in [0.25, 0.3) is 16.4 Å². The summed E-state index contributed by atoms with van der Waals surface area (Å²) in [5, 5.41) is 1.28. The van der Waals surface area contributed by atoms with E-state index in [0.29, 0.717) is 5.39 Å². The molecule has 3 rings (SSSR count). The number of pyridine rings is 1. The third kappa shape index (κ3) is 1.47. The molecule has 2 nitrogen and oxygen atoms in total. The Labute approximate surface area is 100 Å². The van der Waals surface area contributed by atoms with E-state index in [0.717, 1.165) is 11.0 Å². The maximum Gasteiger partial charge on any atom is 0.105 e. The van der Waals surface area contributed by atoms with Gasteiger partial charge in [-0.1, -0.05) is 10.8 Å². The van der Waals surface area contributed by atoms with Gasteiger partial charge < -0.3 is 4.40 Å². The number of hydrogen-bond donors (Lipinski definition) is 0. The molecule has 2 aromatic heterocycles. The molecule has 4 heteroatoms. The molecule has 0 aliphatic heterocycles. The van der Waals surface area contributed by atoms with Crippen molar-refractivity contribution in [3.8, 4) is 0 Å². The van der Waals surface area contributed by atoms with Crippen molar-refractivity contribution in [2.45, 2.75) is 0 Å². The van der Waals surface area contributed by atoms with E-state index in [-0.39, 0.29) is 26.9 Å². The summed E-state index contributed by atoms with van der Waals surface area (Å²) in [6, 6.07) is 8.26. The number of halogens is 1. The number of benzene rings is 1. The molecule has 0 amide bonds. The van der Waals surface area contributed by atoms with Crippen LogP contribution in [0.4, 0.5) is 4.39 Å². The van der Waals surface area contributed by atoms with E-state index in [2.05, 4.69) is 11.1 Å². The zero-order valence-corrected chi connectivity index (χ0v) is 9.82. The molecule has 2 heterocycles. The molecule has 0 bridgehead atoms. The van der Waals surface area contributed by atoms with E-state index < -0.39 is 0 Å². The van der Waals surface area contributed by atoms with Gasteiger partial charge in [-0.2, -0.15) is 0 Å². The van der Waals surface area contributed by atoms with Gasteiger partial charge in [0.25, 0.3) is 0 Å². The average molecular weight is 380 g/mol. The molecule has 0 unspecified atom stereocenters. The van der Waals surface area contributed by atoms with Crippen LogP contribution < -0.4 is 0 Å². The first kappa shape index (κ1) is 10.3. The molecular formula is C11H6FN2Pt-. The van der Waals surface area contributed by atoms with Gasteiger partial charge >= 0.3 is 0 Å². The maximum absolute atomic E-state index is 13.5. The summed E-state index contributed by atoms with van der Waals surface area (Å²) in [5.41, 5.74) is 0.738. The molecule has 0 spiro atoms. The molecule has 0 N–H and O–H groups in total. The van der Waals surface area contributed by atoms with Crippen LogP contribution in [0.1, 0.15) is 0 Å². The van der Waals surface area contributed by atoms with Crippen molar-refractivity contribution >= 4 is 16.4 Å². The topological polar surface area (TPSA) is 17.3 Å². The average Bonchev–Trinajstić information content (AvgIpc) is 2.66. The zero-order chi connectivity index (χ0) is 9.54. The zero-order valence-electron chi connectivity index (χ0n) is 7.55. The Morgan fingerprint density at radius 3 is 3.13 bits per heavy atom. The summed E-state index contributed by atoms with van der Waals surface area (Å²) in [5.74, 6) is -0.248. The standard InChI is InChI=1S/C11H6FN2.Pt/c12-10-7-14-6-5-13-11(14)9-4-2-1-3-8(9)10;/h1-3,5-7H;/q-1;. The summed E-state index contributed by atoms with van der Waals surface area (Å²) in [6.45, 7) is 0. The van der Waals surface area contributed by atoms with E-state index in [9.17, 15) is 4.39 Å². The van der Waals surface area contributed by atoms with Crippen molar-refractivity contribution in [1.82, 2.24) is 9.38 Å². The predicted octanol–water partition coefficient (Wildman–Crippen LogP) is 2.42. The Balaban J connectivity index is 0.000000853. The number of fused-ring (bicyclic) bond motifs is 3. The van der Waals surface area contributed by atoms with Crippen LogP contribution in [-0.2, 0) is 21.1 Å². The SMILES string of the molecule is Fc1cn2ccnc2c2[c-]cccc12.[Pt]. The van der Waals surface area contributed by atoms with Crippen molar-refractivity contribution in [1.29, 1.82) is 0 Å². The molecule has 0 aliphatic rings. The van der Waals surface area contributed by atoms with Gasteiger partial charge in [0.15, 0.2) is 0 Å². The molecule has 15 heavy (non-hydrogen) atoms. The van der Waals surface area contributed by atoms with Crippen LogP contribution in [0, 0.1) is 11.9 Å². The van der Waals surface area contributed by atoms with Crippen molar-refractivity contribution in [3.63, 3.8) is 0 Å². The minimum absolute atomic E-state index is 0. The first-order valence-electron chi connectivity index (χ1n) is 4.28. The largest absolute Gasteiger partial charge is 0.344 e. The fourth-order valence-electron chi connectivity index (χ4n) is 1.62. The maximum atomic E-state index is 13.5. The number of aromatic nitrogens is 2. The fourth-order valence-corrected chi connectivity index (χ4v) is 1.62. The fraction of sp³-hybridized carbons (Fsp3) is 0. The second-order valence-electron chi connectivity index (χ2n) is 3.09. The van der Waals surface area contributed by atoms with Crippen LogP contribution in [0.15, 0.2) is 36.8 Å². The second-order valence-corrected chi connectivity index (χ2v) is 3.09. The summed E-state index contributed by atoms with van der Waals surface area (Å²) in [7, 11) is 0. The third-order valence-corrected chi connectivity index (χ3v) is 2.26. The van der Waals surface area contributed by atoms with E-state index in [1.807, 2.05) is 0 Å². The van der Waals surface area contributed by atoms with E-state index in [1.165, 1.54) is 6.20 Å². The molecule has 0 fully saturated rings. The van der Waals surface area contributed by atoms with Crippen LogP contribution in [0.5, 0.6) is 0 Å². The van der Waals surface area contributed by atoms with E-state index in [4.69, 9.17) is 0 Å². The van der Waals surface area contributed by atoms with Crippen molar-refractivity contribution in [2.75, 3.05) is 0 Å². The quantitative estimate of drug-likeness (QED) is 0.548. The Hall–Kier alpha value is -1.21. The second kappa shape index (κ2) is 3.74. The molecule has 0 aliphatic carbocycles. The van der Waals surface area contributed by atoms with Gasteiger partial charge in [0, 0.05) is 39.7 Å². The summed E-state index contributed by atoms with van der Waals surface area (Å²) in [6.07, 6.45) is 4.80. The Kier molecular flexibility index (Phi) is 2.57. The third-order valence-electron chi connectivity index (χ3n) is 2.26. The Morgan fingerprint density at radius 1 is 1.40 bits per heavy atom. The summed E-state index contributed by atoms with van der Waals surface area (Å²) < 4.78 is 15.2. The number of imidazole rings is 1. The first-order valence-corrected chi connectivity index (χ1v) is 4.28. The first-order chi connectivity index (χ1) is 6.86. The monoisotopic (exact) mass is 380 g/mol. The van der Waals surface area contributed by atoms with Gasteiger partial charge in [-0.15, -0.1) is 24.3 Å². The molecule has 0 saturated heterocycles. The molecule has 0 saturated carbocycles. The minimum atomic E-state index is -0.248. The molecular weight excluding hydrogens is 374 g/mol. The molecule has 78 valence electrons. The van der Waals surface area contributed by atoms with Crippen LogP contribution in [-0.4, -0.2) is 9.38 Å². The normalized spacial score (nSPS) is 10.5. The van der Waals surface area contributed by atoms with Gasteiger partial charge in [0.2, 0.25) is 0 Å². The number of nitrogens with zero attached hydrogens (tertiary/aromatic N) is 2. The number of rotatable bonds is 0. The Bertz CT molecular complexity index is 618. The van der Waals surface area contributed by atoms with E-state index >= 15 is 0 Å². The molecule has 3 aromatic rings. The van der Waals surface area contributed by atoms with Crippen molar-refractivity contribution < 1.29 is 25.5 Å². The Morgan fingerprint density at radius 2 is 2.27 bits per heavy atom. The van der Waals surface area contributed by atoms with Gasteiger partial charge in [-0.3, -0.25) is 4.98 Å². The smallest absolute Gasteiger partial charge is 0.105 e.